The van der Waals surface area contributed by atoms with Gasteiger partial charge in [-0.3, -0.25) is 0 Å². The van der Waals surface area contributed by atoms with Crippen molar-refractivity contribution in [2.75, 3.05) is 0 Å². The lowest BCUT2D eigenvalue weighted by Gasteiger charge is -2.17. The molecule has 0 spiro atoms. The van der Waals surface area contributed by atoms with Gasteiger partial charge < -0.3 is 4.57 Å². The molecule has 2 heterocycles. The standard InChI is InChI=1S/C43H26N2/c1-9-19-38-27(11-1)21-25-39(44-38)32-24-26-41(33-16-6-4-15-31(32)33)45-40-20-10-8-17-34(40)37-23-22-36-30-14-3-2-12-28(30)29-13-5-7-18-35(29)42(36)43(37)45/h1-26H. The van der Waals surface area contributed by atoms with E-state index in [-0.39, 0.29) is 0 Å². The first-order valence-corrected chi connectivity index (χ1v) is 15.5. The third-order valence-corrected chi connectivity index (χ3v) is 9.56. The number of pyridine rings is 1. The zero-order valence-corrected chi connectivity index (χ0v) is 24.4. The number of benzene rings is 8. The van der Waals surface area contributed by atoms with Gasteiger partial charge in [-0.25, -0.2) is 4.98 Å². The summed E-state index contributed by atoms with van der Waals surface area (Å²) >= 11 is 0. The zero-order chi connectivity index (χ0) is 29.5. The predicted octanol–water partition coefficient (Wildman–Crippen LogP) is 11.6. The summed E-state index contributed by atoms with van der Waals surface area (Å²) in [5.41, 5.74) is 6.77. The van der Waals surface area contributed by atoms with E-state index in [0.717, 1.165) is 22.2 Å². The molecule has 0 fully saturated rings. The summed E-state index contributed by atoms with van der Waals surface area (Å²) in [6, 6.07) is 57.2. The molecule has 0 radical (unpaired) electrons. The lowest BCUT2D eigenvalue weighted by molar-refractivity contribution is 1.20. The quantitative estimate of drug-likeness (QED) is 0.189. The molecule has 8 aromatic carbocycles. The lowest BCUT2D eigenvalue weighted by Crippen LogP contribution is -1.98. The molecule has 0 aliphatic heterocycles. The summed E-state index contributed by atoms with van der Waals surface area (Å²) in [5.74, 6) is 0. The van der Waals surface area contributed by atoms with Crippen LogP contribution in [0.25, 0.3) is 92.7 Å². The Kier molecular flexibility index (Phi) is 5.03. The number of fused-ring (bicyclic) bond motifs is 12. The van der Waals surface area contributed by atoms with Crippen molar-refractivity contribution in [2.45, 2.75) is 0 Å². The van der Waals surface area contributed by atoms with Crippen LogP contribution < -0.4 is 0 Å². The molecule has 0 amide bonds. The Morgan fingerprint density at radius 1 is 0.378 bits per heavy atom. The molecule has 10 aromatic rings. The highest BCUT2D eigenvalue weighted by Gasteiger charge is 2.20. The van der Waals surface area contributed by atoms with E-state index in [1.54, 1.807) is 0 Å². The second-order valence-corrected chi connectivity index (χ2v) is 11.9. The van der Waals surface area contributed by atoms with Gasteiger partial charge >= 0.3 is 0 Å². The fourth-order valence-electron chi connectivity index (χ4n) is 7.61. The molecule has 0 unspecified atom stereocenters. The van der Waals surface area contributed by atoms with Crippen LogP contribution in [0, 0.1) is 0 Å². The van der Waals surface area contributed by atoms with Crippen LogP contribution in [0.2, 0.25) is 0 Å². The Hall–Kier alpha value is -5.99. The van der Waals surface area contributed by atoms with Crippen LogP contribution in [0.5, 0.6) is 0 Å². The van der Waals surface area contributed by atoms with Gasteiger partial charge in [-0.2, -0.15) is 0 Å². The number of para-hydroxylation sites is 2. The van der Waals surface area contributed by atoms with Crippen molar-refractivity contribution in [1.29, 1.82) is 0 Å². The van der Waals surface area contributed by atoms with Crippen LogP contribution in [-0.2, 0) is 0 Å². The molecule has 45 heavy (non-hydrogen) atoms. The maximum atomic E-state index is 5.09. The summed E-state index contributed by atoms with van der Waals surface area (Å²) in [5, 5.41) is 13.8. The summed E-state index contributed by atoms with van der Waals surface area (Å²) in [4.78, 5) is 5.09. The first-order valence-electron chi connectivity index (χ1n) is 15.5. The Labute approximate surface area is 259 Å². The molecule has 0 N–H and O–H groups in total. The Morgan fingerprint density at radius 2 is 0.956 bits per heavy atom. The molecule has 10 rings (SSSR count). The summed E-state index contributed by atoms with van der Waals surface area (Å²) in [6.07, 6.45) is 0. The van der Waals surface area contributed by atoms with Crippen LogP contribution in [-0.4, -0.2) is 9.55 Å². The molecule has 0 aliphatic carbocycles. The molecule has 0 saturated heterocycles. The Bertz CT molecular complexity index is 2790. The minimum Gasteiger partial charge on any atom is -0.308 e. The van der Waals surface area contributed by atoms with Gasteiger partial charge in [0.15, 0.2) is 0 Å². The number of rotatable bonds is 2. The van der Waals surface area contributed by atoms with Crippen molar-refractivity contribution in [1.82, 2.24) is 9.55 Å². The second kappa shape index (κ2) is 9.25. The number of hydrogen-bond acceptors (Lipinski definition) is 1. The molecule has 2 heteroatoms. The predicted molar refractivity (Wildman–Crippen MR) is 192 cm³/mol. The molecule has 0 aliphatic rings. The van der Waals surface area contributed by atoms with E-state index < -0.39 is 0 Å². The number of hydrogen-bond donors (Lipinski definition) is 0. The molecule has 208 valence electrons. The average molecular weight is 571 g/mol. The van der Waals surface area contributed by atoms with E-state index in [0.29, 0.717) is 0 Å². The molecular formula is C43H26N2. The third-order valence-electron chi connectivity index (χ3n) is 9.56. The molecule has 2 nitrogen and oxygen atoms in total. The number of aromatic nitrogens is 2. The van der Waals surface area contributed by atoms with Gasteiger partial charge in [0.05, 0.1) is 27.9 Å². The summed E-state index contributed by atoms with van der Waals surface area (Å²) in [6.45, 7) is 0. The van der Waals surface area contributed by atoms with Gasteiger partial charge in [-0.15, -0.1) is 0 Å². The van der Waals surface area contributed by atoms with Crippen molar-refractivity contribution in [3.63, 3.8) is 0 Å². The molecule has 0 atom stereocenters. The first-order chi connectivity index (χ1) is 22.3. The topological polar surface area (TPSA) is 17.8 Å². The highest BCUT2D eigenvalue weighted by Crippen LogP contribution is 2.44. The van der Waals surface area contributed by atoms with Crippen LogP contribution in [0.3, 0.4) is 0 Å². The van der Waals surface area contributed by atoms with E-state index in [4.69, 9.17) is 4.98 Å². The van der Waals surface area contributed by atoms with Crippen LogP contribution >= 0.6 is 0 Å². The van der Waals surface area contributed by atoms with E-state index in [1.165, 1.54) is 70.6 Å². The smallest absolute Gasteiger partial charge is 0.0715 e. The van der Waals surface area contributed by atoms with Crippen LogP contribution in [0.1, 0.15) is 0 Å². The normalized spacial score (nSPS) is 12.0. The van der Waals surface area contributed by atoms with E-state index in [2.05, 4.69) is 162 Å². The minimum absolute atomic E-state index is 0.988. The molecule has 0 saturated carbocycles. The van der Waals surface area contributed by atoms with Crippen LogP contribution in [0.15, 0.2) is 158 Å². The van der Waals surface area contributed by atoms with Crippen molar-refractivity contribution in [3.8, 4) is 16.9 Å². The fraction of sp³-hybridized carbons (Fsp3) is 0. The Morgan fingerprint density at radius 3 is 1.76 bits per heavy atom. The van der Waals surface area contributed by atoms with Crippen molar-refractivity contribution >= 4 is 75.8 Å². The van der Waals surface area contributed by atoms with Crippen molar-refractivity contribution < 1.29 is 0 Å². The lowest BCUT2D eigenvalue weighted by atomic mass is 9.93. The average Bonchev–Trinajstić information content (AvgIpc) is 3.45. The van der Waals surface area contributed by atoms with Gasteiger partial charge in [-0.05, 0) is 56.6 Å². The zero-order valence-electron chi connectivity index (χ0n) is 24.4. The van der Waals surface area contributed by atoms with E-state index in [9.17, 15) is 0 Å². The van der Waals surface area contributed by atoms with E-state index in [1.807, 2.05) is 0 Å². The third kappa shape index (κ3) is 3.42. The van der Waals surface area contributed by atoms with Gasteiger partial charge in [0.2, 0.25) is 0 Å². The highest BCUT2D eigenvalue weighted by atomic mass is 15.0. The molecule has 0 bridgehead atoms. The second-order valence-electron chi connectivity index (χ2n) is 11.9. The van der Waals surface area contributed by atoms with Crippen LogP contribution in [0.4, 0.5) is 0 Å². The monoisotopic (exact) mass is 570 g/mol. The SMILES string of the molecule is c1ccc2nc(-c3ccc(-n4c5ccccc5c5ccc6c7ccccc7c7ccccc7c6c54)c4ccccc34)ccc2c1. The minimum atomic E-state index is 0.988. The maximum Gasteiger partial charge on any atom is 0.0715 e. The largest absolute Gasteiger partial charge is 0.308 e. The number of nitrogens with zero attached hydrogens (tertiary/aromatic N) is 2. The van der Waals surface area contributed by atoms with Gasteiger partial charge in [0.25, 0.3) is 0 Å². The van der Waals surface area contributed by atoms with Crippen molar-refractivity contribution in [3.05, 3.63) is 158 Å². The van der Waals surface area contributed by atoms with Crippen molar-refractivity contribution in [2.24, 2.45) is 0 Å². The summed E-state index contributed by atoms with van der Waals surface area (Å²) in [7, 11) is 0. The van der Waals surface area contributed by atoms with Gasteiger partial charge in [-0.1, -0.05) is 133 Å². The molecule has 2 aromatic heterocycles. The van der Waals surface area contributed by atoms with Gasteiger partial charge in [0, 0.05) is 32.5 Å². The maximum absolute atomic E-state index is 5.09. The Balaban J connectivity index is 1.37. The first kappa shape index (κ1) is 24.5. The van der Waals surface area contributed by atoms with Gasteiger partial charge in [0.1, 0.15) is 0 Å². The molecular weight excluding hydrogens is 544 g/mol. The fourth-order valence-corrected chi connectivity index (χ4v) is 7.61. The highest BCUT2D eigenvalue weighted by molar-refractivity contribution is 6.33. The van der Waals surface area contributed by atoms with E-state index >= 15 is 0 Å². The summed E-state index contributed by atoms with van der Waals surface area (Å²) < 4.78 is 2.51.